The number of benzene rings is 3. The molecule has 4 rings (SSSR count). The highest BCUT2D eigenvalue weighted by molar-refractivity contribution is 7.89. The molecule has 3 aromatic carbocycles. The Balaban J connectivity index is 1.59. The van der Waals surface area contributed by atoms with Crippen molar-refractivity contribution in [3.8, 4) is 0 Å². The van der Waals surface area contributed by atoms with Gasteiger partial charge >= 0.3 is 6.18 Å². The van der Waals surface area contributed by atoms with Crippen LogP contribution in [-0.2, 0) is 29.3 Å². The average Bonchev–Trinajstić information content (AvgIpc) is 3.32. The molecule has 0 aliphatic rings. The van der Waals surface area contributed by atoms with Crippen molar-refractivity contribution in [1.82, 2.24) is 4.31 Å². The normalized spacial score (nSPS) is 12.5. The van der Waals surface area contributed by atoms with Gasteiger partial charge in [0.25, 0.3) is 0 Å². The van der Waals surface area contributed by atoms with Crippen LogP contribution in [0.1, 0.15) is 22.6 Å². The van der Waals surface area contributed by atoms with E-state index in [1.54, 1.807) is 30.3 Å². The van der Waals surface area contributed by atoms with E-state index < -0.39 is 21.8 Å². The molecule has 38 heavy (non-hydrogen) atoms. The van der Waals surface area contributed by atoms with E-state index in [-0.39, 0.29) is 40.2 Å². The first-order chi connectivity index (χ1) is 17.9. The van der Waals surface area contributed by atoms with E-state index in [9.17, 15) is 21.6 Å². The topological polar surface area (TPSA) is 62.9 Å². The molecule has 0 atom stereocenters. The maximum absolute atomic E-state index is 13.5. The Hall–Kier alpha value is -2.82. The third-order valence-electron chi connectivity index (χ3n) is 5.32. The van der Waals surface area contributed by atoms with Crippen molar-refractivity contribution in [3.05, 3.63) is 117 Å². The summed E-state index contributed by atoms with van der Waals surface area (Å²) in [5.41, 5.74) is -0.142. The first kappa shape index (κ1) is 28.2. The third kappa shape index (κ3) is 6.98. The van der Waals surface area contributed by atoms with Crippen LogP contribution in [0.2, 0.25) is 15.1 Å². The predicted molar refractivity (Wildman–Crippen MR) is 142 cm³/mol. The third-order valence-corrected chi connectivity index (χ3v) is 8.12. The summed E-state index contributed by atoms with van der Waals surface area (Å²) in [6.45, 7) is -0.196. The number of nitrogens with zero attached hydrogens (tertiary/aromatic N) is 2. The van der Waals surface area contributed by atoms with E-state index in [2.05, 4.69) is 4.99 Å². The summed E-state index contributed by atoms with van der Waals surface area (Å²) in [4.78, 5) is 4.07. The quantitative estimate of drug-likeness (QED) is 0.191. The Morgan fingerprint density at radius 3 is 2.29 bits per heavy atom. The van der Waals surface area contributed by atoms with Crippen molar-refractivity contribution in [2.75, 3.05) is 0 Å². The molecule has 0 saturated carbocycles. The highest BCUT2D eigenvalue weighted by Gasteiger charge is 2.30. The highest BCUT2D eigenvalue weighted by atomic mass is 35.5. The van der Waals surface area contributed by atoms with Crippen LogP contribution < -0.4 is 0 Å². The number of hydrogen-bond donors (Lipinski definition) is 0. The second-order valence-corrected chi connectivity index (χ2v) is 11.3. The summed E-state index contributed by atoms with van der Waals surface area (Å²) in [6.07, 6.45) is -3.23. The molecule has 0 radical (unpaired) electrons. The summed E-state index contributed by atoms with van der Waals surface area (Å²) in [6, 6.07) is 18.2. The lowest BCUT2D eigenvalue weighted by Gasteiger charge is -2.22. The van der Waals surface area contributed by atoms with Gasteiger partial charge < -0.3 is 4.42 Å². The van der Waals surface area contributed by atoms with E-state index in [1.165, 1.54) is 46.9 Å². The zero-order valence-corrected chi connectivity index (χ0v) is 22.4. The highest BCUT2D eigenvalue weighted by Crippen LogP contribution is 2.31. The monoisotopic (exact) mass is 600 g/mol. The van der Waals surface area contributed by atoms with Gasteiger partial charge in [0.05, 0.1) is 39.0 Å². The molecular weight excluding hydrogens is 584 g/mol. The number of sulfonamides is 1. The molecule has 0 spiro atoms. The fourth-order valence-corrected chi connectivity index (χ4v) is 5.29. The van der Waals surface area contributed by atoms with Gasteiger partial charge in [-0.2, -0.15) is 17.5 Å². The molecule has 198 valence electrons. The fourth-order valence-electron chi connectivity index (χ4n) is 3.45. The maximum atomic E-state index is 13.5. The van der Waals surface area contributed by atoms with Crippen LogP contribution in [0.5, 0.6) is 0 Å². The van der Waals surface area contributed by atoms with Crippen LogP contribution in [-0.4, -0.2) is 18.9 Å². The van der Waals surface area contributed by atoms with E-state index >= 15 is 0 Å². The van der Waals surface area contributed by atoms with Crippen LogP contribution in [0, 0.1) is 0 Å². The number of furan rings is 1. The van der Waals surface area contributed by atoms with Gasteiger partial charge in [-0.1, -0.05) is 46.9 Å². The van der Waals surface area contributed by atoms with Crippen LogP contribution in [0.4, 0.5) is 18.9 Å². The van der Waals surface area contributed by atoms with Crippen LogP contribution in [0.25, 0.3) is 0 Å². The summed E-state index contributed by atoms with van der Waals surface area (Å²) >= 11 is 18.0. The molecule has 0 aliphatic heterocycles. The van der Waals surface area contributed by atoms with E-state index in [0.717, 1.165) is 12.1 Å². The van der Waals surface area contributed by atoms with E-state index in [0.29, 0.717) is 15.6 Å². The predicted octanol–water partition coefficient (Wildman–Crippen LogP) is 8.40. The zero-order valence-electron chi connectivity index (χ0n) is 19.3. The molecular formula is C26H18Cl3F3N2O3S. The van der Waals surface area contributed by atoms with Crippen molar-refractivity contribution in [3.63, 3.8) is 0 Å². The Morgan fingerprint density at radius 1 is 0.868 bits per heavy atom. The minimum Gasteiger partial charge on any atom is -0.459 e. The first-order valence-corrected chi connectivity index (χ1v) is 13.5. The number of aliphatic imine (C=N–C) groups is 1. The Morgan fingerprint density at radius 2 is 1.61 bits per heavy atom. The lowest BCUT2D eigenvalue weighted by atomic mass is 10.2. The van der Waals surface area contributed by atoms with Gasteiger partial charge in [-0.15, -0.1) is 0 Å². The largest absolute Gasteiger partial charge is 0.459 e. The van der Waals surface area contributed by atoms with Crippen molar-refractivity contribution in [1.29, 1.82) is 0 Å². The molecule has 0 aliphatic carbocycles. The number of alkyl halides is 3. The lowest BCUT2D eigenvalue weighted by molar-refractivity contribution is -0.137. The van der Waals surface area contributed by atoms with Gasteiger partial charge in [-0.25, -0.2) is 8.42 Å². The molecule has 1 heterocycles. The molecule has 0 amide bonds. The molecule has 0 unspecified atom stereocenters. The molecule has 4 aromatic rings. The molecule has 0 N–H and O–H groups in total. The summed E-state index contributed by atoms with van der Waals surface area (Å²) in [5, 5.41) is 0.994. The average molecular weight is 602 g/mol. The van der Waals surface area contributed by atoms with Gasteiger partial charge in [0, 0.05) is 11.6 Å². The first-order valence-electron chi connectivity index (χ1n) is 10.9. The van der Waals surface area contributed by atoms with Crippen LogP contribution in [0.15, 0.2) is 93.2 Å². The minimum absolute atomic E-state index is 0.0276. The van der Waals surface area contributed by atoms with Crippen LogP contribution >= 0.6 is 34.8 Å². The lowest BCUT2D eigenvalue weighted by Crippen LogP contribution is -2.30. The fraction of sp³-hybridized carbons (Fsp3) is 0.115. The number of hydrogen-bond acceptors (Lipinski definition) is 4. The van der Waals surface area contributed by atoms with Crippen molar-refractivity contribution < 1.29 is 26.0 Å². The minimum atomic E-state index is -4.49. The summed E-state index contributed by atoms with van der Waals surface area (Å²) < 4.78 is 72.8. The maximum Gasteiger partial charge on any atom is 0.416 e. The molecule has 0 saturated heterocycles. The number of rotatable bonds is 8. The van der Waals surface area contributed by atoms with Crippen molar-refractivity contribution >= 4 is 56.7 Å². The molecule has 0 fully saturated rings. The Kier molecular flexibility index (Phi) is 8.54. The second kappa shape index (κ2) is 11.5. The van der Waals surface area contributed by atoms with E-state index in [1.807, 2.05) is 0 Å². The van der Waals surface area contributed by atoms with Gasteiger partial charge in [-0.3, -0.25) is 4.99 Å². The second-order valence-electron chi connectivity index (χ2n) is 8.09. The zero-order chi connectivity index (χ0) is 27.5. The Bertz CT molecular complexity index is 1570. The number of halogens is 6. The van der Waals surface area contributed by atoms with Crippen molar-refractivity contribution in [2.24, 2.45) is 4.99 Å². The molecule has 1 aromatic heterocycles. The summed E-state index contributed by atoms with van der Waals surface area (Å²) in [5.74, 6) is 0.517. The van der Waals surface area contributed by atoms with Gasteiger partial charge in [0.15, 0.2) is 0 Å². The molecule has 12 heteroatoms. The van der Waals surface area contributed by atoms with Crippen molar-refractivity contribution in [2.45, 2.75) is 24.2 Å². The van der Waals surface area contributed by atoms with Crippen LogP contribution in [0.3, 0.4) is 0 Å². The van der Waals surface area contributed by atoms with Gasteiger partial charge in [0.2, 0.25) is 10.0 Å². The Labute approximate surface area is 232 Å². The van der Waals surface area contributed by atoms with Gasteiger partial charge in [-0.05, 0) is 72.3 Å². The SMILES string of the molecule is O=S(=O)(c1ccc(Cl)cc1)N(Cc1ccc(Cl)c(Cl)c1)Cc1ccc(C=Nc2cccc(C(F)(F)F)c2)o1. The smallest absolute Gasteiger partial charge is 0.416 e. The molecule has 0 bridgehead atoms. The standard InChI is InChI=1S/C26H18Cl3F3N2O3S/c27-19-5-9-23(10-6-19)38(35,36)34(15-17-4-11-24(28)25(29)12-17)16-22-8-7-21(37-22)14-33-20-3-1-2-18(13-20)26(30,31)32/h1-14H,15-16H2. The van der Waals surface area contributed by atoms with E-state index in [4.69, 9.17) is 39.2 Å². The van der Waals surface area contributed by atoms with Gasteiger partial charge in [0.1, 0.15) is 11.5 Å². The summed E-state index contributed by atoms with van der Waals surface area (Å²) in [7, 11) is -4.00. The molecule has 5 nitrogen and oxygen atoms in total.